The summed E-state index contributed by atoms with van der Waals surface area (Å²) in [5, 5.41) is 10.4. The van der Waals surface area contributed by atoms with Crippen molar-refractivity contribution < 1.29 is 17.9 Å². The highest BCUT2D eigenvalue weighted by molar-refractivity contribution is 7.92. The van der Waals surface area contributed by atoms with E-state index in [2.05, 4.69) is 20.2 Å². The maximum atomic E-state index is 12.4. The number of rotatable bonds is 8. The molecule has 2 aromatic carbocycles. The molecule has 0 radical (unpaired) electrons. The van der Waals surface area contributed by atoms with E-state index in [0.717, 1.165) is 0 Å². The second kappa shape index (κ2) is 8.98. The van der Waals surface area contributed by atoms with Gasteiger partial charge in [0.1, 0.15) is 0 Å². The van der Waals surface area contributed by atoms with Gasteiger partial charge in [0.15, 0.2) is 11.6 Å². The molecule has 148 valence electrons. The zero-order valence-electron chi connectivity index (χ0n) is 15.4. The molecule has 0 spiro atoms. The zero-order valence-corrected chi connectivity index (χ0v) is 16.3. The van der Waals surface area contributed by atoms with E-state index >= 15 is 0 Å². The lowest BCUT2D eigenvalue weighted by molar-refractivity contribution is 0.104. The van der Waals surface area contributed by atoms with E-state index in [9.17, 15) is 13.2 Å². The summed E-state index contributed by atoms with van der Waals surface area (Å²) in [5.74, 6) is 0.222. The number of allylic oxidation sites excluding steroid dienone is 1. The number of carbonyl (C=O) groups is 1. The van der Waals surface area contributed by atoms with Crippen LogP contribution < -0.4 is 14.8 Å². The quantitative estimate of drug-likeness (QED) is 0.434. The van der Waals surface area contributed by atoms with Crippen molar-refractivity contribution >= 4 is 27.3 Å². The second-order valence-corrected chi connectivity index (χ2v) is 7.48. The molecule has 0 aliphatic carbocycles. The number of anilines is 2. The van der Waals surface area contributed by atoms with Crippen molar-refractivity contribution in [3.8, 4) is 5.88 Å². The number of ether oxygens (including phenoxy) is 1. The zero-order chi connectivity index (χ0) is 20.7. The van der Waals surface area contributed by atoms with Gasteiger partial charge in [0.25, 0.3) is 10.0 Å². The first-order chi connectivity index (χ1) is 14.0. The number of ketones is 1. The molecule has 1 aromatic heterocycles. The van der Waals surface area contributed by atoms with Gasteiger partial charge in [0, 0.05) is 29.6 Å². The number of nitrogens with one attached hydrogen (secondary N) is 2. The lowest BCUT2D eigenvalue weighted by atomic mass is 10.1. The second-order valence-electron chi connectivity index (χ2n) is 5.80. The van der Waals surface area contributed by atoms with Gasteiger partial charge < -0.3 is 10.1 Å². The summed E-state index contributed by atoms with van der Waals surface area (Å²) in [6.07, 6.45) is 2.91. The Morgan fingerprint density at radius 1 is 0.966 bits per heavy atom. The van der Waals surface area contributed by atoms with Crippen molar-refractivity contribution in [2.75, 3.05) is 17.1 Å². The molecule has 9 heteroatoms. The minimum absolute atomic E-state index is 0.0602. The Balaban J connectivity index is 1.62. The first-order valence-electron chi connectivity index (χ1n) is 8.51. The summed E-state index contributed by atoms with van der Waals surface area (Å²) in [5.41, 5.74) is 1.21. The highest BCUT2D eigenvalue weighted by Crippen LogP contribution is 2.18. The molecule has 0 saturated carbocycles. The lowest BCUT2D eigenvalue weighted by Crippen LogP contribution is -2.14. The van der Waals surface area contributed by atoms with Gasteiger partial charge in [-0.25, -0.2) is 8.42 Å². The van der Waals surface area contributed by atoms with Crippen LogP contribution in [0.15, 0.2) is 83.9 Å². The Bertz CT molecular complexity index is 1100. The minimum atomic E-state index is -3.81. The average molecular weight is 410 g/mol. The number of nitrogens with zero attached hydrogens (tertiary/aromatic N) is 2. The van der Waals surface area contributed by atoms with Crippen LogP contribution in [0.5, 0.6) is 5.88 Å². The van der Waals surface area contributed by atoms with Crippen LogP contribution >= 0.6 is 0 Å². The molecule has 0 saturated heterocycles. The van der Waals surface area contributed by atoms with Gasteiger partial charge in [-0.15, -0.1) is 10.2 Å². The first kappa shape index (κ1) is 20.0. The van der Waals surface area contributed by atoms with Crippen LogP contribution in [0, 0.1) is 0 Å². The van der Waals surface area contributed by atoms with Crippen molar-refractivity contribution in [3.63, 3.8) is 0 Å². The minimum Gasteiger partial charge on any atom is -0.480 e. The molecule has 0 fully saturated rings. The van der Waals surface area contributed by atoms with Gasteiger partial charge in [-0.3, -0.25) is 9.52 Å². The smallest absolute Gasteiger partial charge is 0.263 e. The number of methoxy groups -OCH3 is 1. The average Bonchev–Trinajstić information content (AvgIpc) is 2.75. The fourth-order valence-corrected chi connectivity index (χ4v) is 3.32. The molecule has 3 rings (SSSR count). The van der Waals surface area contributed by atoms with E-state index in [0.29, 0.717) is 11.3 Å². The Morgan fingerprint density at radius 3 is 2.31 bits per heavy atom. The van der Waals surface area contributed by atoms with Gasteiger partial charge in [-0.2, -0.15) is 0 Å². The van der Waals surface area contributed by atoms with E-state index in [4.69, 9.17) is 4.74 Å². The molecule has 0 aliphatic heterocycles. The molecule has 29 heavy (non-hydrogen) atoms. The molecule has 8 nitrogen and oxygen atoms in total. The van der Waals surface area contributed by atoms with Crippen molar-refractivity contribution in [2.24, 2.45) is 0 Å². The fourth-order valence-electron chi connectivity index (χ4n) is 2.32. The van der Waals surface area contributed by atoms with Crippen LogP contribution in [-0.4, -0.2) is 31.5 Å². The monoisotopic (exact) mass is 410 g/mol. The fraction of sp³-hybridized carbons (Fsp3) is 0.0500. The summed E-state index contributed by atoms with van der Waals surface area (Å²) in [6.45, 7) is 0. The van der Waals surface area contributed by atoms with Gasteiger partial charge in [-0.05, 0) is 30.3 Å². The highest BCUT2D eigenvalue weighted by Gasteiger charge is 2.15. The number of hydrogen-bond donors (Lipinski definition) is 2. The van der Waals surface area contributed by atoms with Gasteiger partial charge >= 0.3 is 0 Å². The standard InChI is InChI=1S/C20H18N4O4S/c1-28-20-12-11-19(22-23-20)24-29(26,27)17-9-7-16(8-10-17)21-14-13-18(25)15-5-3-2-4-6-15/h2-14,21H,1H3,(H,22,24). The van der Waals surface area contributed by atoms with Crippen LogP contribution in [0.3, 0.4) is 0 Å². The maximum Gasteiger partial charge on any atom is 0.263 e. The molecule has 0 atom stereocenters. The number of aromatic nitrogens is 2. The molecule has 0 aliphatic rings. The first-order valence-corrected chi connectivity index (χ1v) is 9.99. The van der Waals surface area contributed by atoms with Crippen molar-refractivity contribution in [1.82, 2.24) is 10.2 Å². The largest absolute Gasteiger partial charge is 0.480 e. The summed E-state index contributed by atoms with van der Waals surface area (Å²) in [6, 6.07) is 17.9. The summed E-state index contributed by atoms with van der Waals surface area (Å²) in [7, 11) is -2.37. The van der Waals surface area contributed by atoms with Crippen LogP contribution in [0.25, 0.3) is 0 Å². The van der Waals surface area contributed by atoms with E-state index in [1.807, 2.05) is 6.07 Å². The Kier molecular flexibility index (Phi) is 6.20. The SMILES string of the molecule is COc1ccc(NS(=O)(=O)c2ccc(NC=CC(=O)c3ccccc3)cc2)nn1. The Morgan fingerprint density at radius 2 is 1.69 bits per heavy atom. The predicted molar refractivity (Wildman–Crippen MR) is 109 cm³/mol. The van der Waals surface area contributed by atoms with Gasteiger partial charge in [0.05, 0.1) is 12.0 Å². The molecule has 0 bridgehead atoms. The predicted octanol–water partition coefficient (Wildman–Crippen LogP) is 3.09. The van der Waals surface area contributed by atoms with Crippen LogP contribution in [0.4, 0.5) is 11.5 Å². The van der Waals surface area contributed by atoms with E-state index in [-0.39, 0.29) is 22.4 Å². The molecule has 3 aromatic rings. The topological polar surface area (TPSA) is 110 Å². The normalized spacial score (nSPS) is 11.2. The number of hydrogen-bond acceptors (Lipinski definition) is 7. The lowest BCUT2D eigenvalue weighted by Gasteiger charge is -2.08. The van der Waals surface area contributed by atoms with Gasteiger partial charge in [-0.1, -0.05) is 30.3 Å². The van der Waals surface area contributed by atoms with Crippen LogP contribution in [0.1, 0.15) is 10.4 Å². The van der Waals surface area contributed by atoms with E-state index in [1.54, 1.807) is 36.4 Å². The number of benzene rings is 2. The third-order valence-electron chi connectivity index (χ3n) is 3.80. The molecular weight excluding hydrogens is 392 g/mol. The van der Waals surface area contributed by atoms with Crippen LogP contribution in [0.2, 0.25) is 0 Å². The van der Waals surface area contributed by atoms with Crippen LogP contribution in [-0.2, 0) is 10.0 Å². The van der Waals surface area contributed by atoms with Crippen molar-refractivity contribution in [3.05, 3.63) is 84.6 Å². The third kappa shape index (κ3) is 5.39. The molecule has 1 heterocycles. The molecule has 2 N–H and O–H groups in total. The van der Waals surface area contributed by atoms with Crippen molar-refractivity contribution in [2.45, 2.75) is 4.90 Å². The number of sulfonamides is 1. The third-order valence-corrected chi connectivity index (χ3v) is 5.17. The molecule has 0 unspecified atom stereocenters. The Labute approximate surface area is 168 Å². The van der Waals surface area contributed by atoms with E-state index < -0.39 is 10.0 Å². The molecular formula is C20H18N4O4S. The summed E-state index contributed by atoms with van der Waals surface area (Å²) < 4.78 is 32.1. The highest BCUT2D eigenvalue weighted by atomic mass is 32.2. The maximum absolute atomic E-state index is 12.4. The summed E-state index contributed by atoms with van der Waals surface area (Å²) >= 11 is 0. The summed E-state index contributed by atoms with van der Waals surface area (Å²) in [4.78, 5) is 12.1. The Hall–Kier alpha value is -3.72. The van der Waals surface area contributed by atoms with E-state index in [1.165, 1.54) is 43.7 Å². The van der Waals surface area contributed by atoms with Crippen molar-refractivity contribution in [1.29, 1.82) is 0 Å². The van der Waals surface area contributed by atoms with Gasteiger partial charge in [0.2, 0.25) is 5.88 Å². The number of carbonyl (C=O) groups excluding carboxylic acids is 1. The molecule has 0 amide bonds.